The van der Waals surface area contributed by atoms with Gasteiger partial charge in [0.15, 0.2) is 4.67 Å². The van der Waals surface area contributed by atoms with Crippen LogP contribution in [-0.2, 0) is 0 Å². The fraction of sp³-hybridized carbons (Fsp3) is 0.583. The van der Waals surface area contributed by atoms with Gasteiger partial charge in [-0.1, -0.05) is 12.8 Å². The summed E-state index contributed by atoms with van der Waals surface area (Å²) in [5.74, 6) is 0.0364. The minimum Gasteiger partial charge on any atom is -0.457 e. The molecule has 1 amide bonds. The van der Waals surface area contributed by atoms with Gasteiger partial charge in [-0.2, -0.15) is 0 Å². The van der Waals surface area contributed by atoms with Crippen LogP contribution in [0.3, 0.4) is 0 Å². The van der Waals surface area contributed by atoms with Crippen LogP contribution >= 0.6 is 15.9 Å². The number of rotatable bonds is 3. The molecule has 1 aliphatic rings. The summed E-state index contributed by atoms with van der Waals surface area (Å²) in [7, 11) is 0. The molecule has 0 radical (unpaired) electrons. The second-order valence-electron chi connectivity index (χ2n) is 4.42. The summed E-state index contributed by atoms with van der Waals surface area (Å²) in [6.45, 7) is 0.136. The molecule has 1 aromatic heterocycles. The van der Waals surface area contributed by atoms with Crippen molar-refractivity contribution in [1.29, 1.82) is 0 Å². The summed E-state index contributed by atoms with van der Waals surface area (Å²) >= 11 is 3.19. The van der Waals surface area contributed by atoms with Crippen LogP contribution in [0.5, 0.6) is 0 Å². The molecule has 2 atom stereocenters. The van der Waals surface area contributed by atoms with E-state index in [0.29, 0.717) is 10.2 Å². The van der Waals surface area contributed by atoms with Crippen LogP contribution in [0.2, 0.25) is 0 Å². The highest BCUT2D eigenvalue weighted by molar-refractivity contribution is 9.10. The van der Waals surface area contributed by atoms with Gasteiger partial charge in [0.05, 0.1) is 11.8 Å². The van der Waals surface area contributed by atoms with Gasteiger partial charge >= 0.3 is 0 Å². The Hall–Kier alpha value is -0.810. The predicted octanol–water partition coefficient (Wildman–Crippen LogP) is 2.32. The molecule has 1 aliphatic carbocycles. The van der Waals surface area contributed by atoms with Crippen molar-refractivity contribution < 1.29 is 14.3 Å². The highest BCUT2D eigenvalue weighted by atomic mass is 79.9. The Balaban J connectivity index is 2.00. The average molecular weight is 302 g/mol. The van der Waals surface area contributed by atoms with E-state index in [-0.39, 0.29) is 24.5 Å². The van der Waals surface area contributed by atoms with Gasteiger partial charge in [-0.15, -0.1) is 0 Å². The molecule has 1 heterocycles. The summed E-state index contributed by atoms with van der Waals surface area (Å²) in [4.78, 5) is 12.0. The first-order valence-electron chi connectivity index (χ1n) is 5.87. The smallest absolute Gasteiger partial charge is 0.255 e. The van der Waals surface area contributed by atoms with Gasteiger partial charge in [0.2, 0.25) is 0 Å². The number of carbonyl (C=O) groups excluding carboxylic acids is 1. The van der Waals surface area contributed by atoms with E-state index in [9.17, 15) is 9.90 Å². The van der Waals surface area contributed by atoms with Crippen molar-refractivity contribution >= 4 is 21.8 Å². The number of hydrogen-bond acceptors (Lipinski definition) is 3. The van der Waals surface area contributed by atoms with Crippen LogP contribution in [0.15, 0.2) is 21.4 Å². The highest BCUT2D eigenvalue weighted by Crippen LogP contribution is 2.25. The van der Waals surface area contributed by atoms with E-state index in [1.807, 2.05) is 0 Å². The lowest BCUT2D eigenvalue weighted by molar-refractivity contribution is 0.0871. The maximum atomic E-state index is 12.0. The maximum absolute atomic E-state index is 12.0. The SMILES string of the molecule is O=C(NC1CCCCC1CO)c1ccoc1Br. The highest BCUT2D eigenvalue weighted by Gasteiger charge is 2.27. The van der Waals surface area contributed by atoms with Crippen molar-refractivity contribution in [2.75, 3.05) is 6.61 Å². The second-order valence-corrected chi connectivity index (χ2v) is 5.14. The first-order valence-corrected chi connectivity index (χ1v) is 6.66. The van der Waals surface area contributed by atoms with Crippen LogP contribution in [0.25, 0.3) is 0 Å². The quantitative estimate of drug-likeness (QED) is 0.900. The average Bonchev–Trinajstić information content (AvgIpc) is 2.76. The minimum absolute atomic E-state index is 0.0723. The molecule has 1 fully saturated rings. The Labute approximate surface area is 109 Å². The summed E-state index contributed by atoms with van der Waals surface area (Å²) < 4.78 is 5.48. The van der Waals surface area contributed by atoms with Gasteiger partial charge in [0.25, 0.3) is 5.91 Å². The van der Waals surface area contributed by atoms with E-state index in [1.54, 1.807) is 6.07 Å². The van der Waals surface area contributed by atoms with Crippen molar-refractivity contribution in [1.82, 2.24) is 5.32 Å². The summed E-state index contributed by atoms with van der Waals surface area (Å²) in [5.41, 5.74) is 0.507. The van der Waals surface area contributed by atoms with Crippen molar-refractivity contribution in [3.8, 4) is 0 Å². The van der Waals surface area contributed by atoms with Crippen molar-refractivity contribution in [3.63, 3.8) is 0 Å². The maximum Gasteiger partial charge on any atom is 0.255 e. The van der Waals surface area contributed by atoms with E-state index in [0.717, 1.165) is 25.7 Å². The van der Waals surface area contributed by atoms with E-state index in [4.69, 9.17) is 4.42 Å². The van der Waals surface area contributed by atoms with Crippen LogP contribution in [-0.4, -0.2) is 23.7 Å². The lowest BCUT2D eigenvalue weighted by Crippen LogP contribution is -2.43. The molecule has 0 saturated heterocycles. The van der Waals surface area contributed by atoms with Gasteiger partial charge in [0, 0.05) is 18.6 Å². The van der Waals surface area contributed by atoms with Gasteiger partial charge < -0.3 is 14.8 Å². The Morgan fingerprint density at radius 1 is 1.53 bits per heavy atom. The molecule has 0 spiro atoms. The number of carbonyl (C=O) groups is 1. The molecular formula is C12H16BrNO3. The molecule has 94 valence electrons. The second kappa shape index (κ2) is 5.69. The number of nitrogens with one attached hydrogen (secondary N) is 1. The molecule has 0 bridgehead atoms. The summed E-state index contributed by atoms with van der Waals surface area (Å²) in [6, 6.07) is 1.71. The lowest BCUT2D eigenvalue weighted by Gasteiger charge is -2.30. The molecule has 2 N–H and O–H groups in total. The third-order valence-corrected chi connectivity index (χ3v) is 3.94. The first-order chi connectivity index (χ1) is 8.22. The van der Waals surface area contributed by atoms with Gasteiger partial charge in [-0.05, 0) is 34.8 Å². The molecule has 5 heteroatoms. The third-order valence-electron chi connectivity index (χ3n) is 3.32. The van der Waals surface area contributed by atoms with Gasteiger partial charge in [-0.3, -0.25) is 4.79 Å². The zero-order valence-corrected chi connectivity index (χ0v) is 11.1. The van der Waals surface area contributed by atoms with E-state index >= 15 is 0 Å². The largest absolute Gasteiger partial charge is 0.457 e. The summed E-state index contributed by atoms with van der Waals surface area (Å²) in [5, 5.41) is 12.3. The molecular weight excluding hydrogens is 286 g/mol. The summed E-state index contributed by atoms with van der Waals surface area (Å²) in [6.07, 6.45) is 5.63. The van der Waals surface area contributed by atoms with Gasteiger partial charge in [0.1, 0.15) is 0 Å². The van der Waals surface area contributed by atoms with Crippen LogP contribution < -0.4 is 5.32 Å². The number of amides is 1. The van der Waals surface area contributed by atoms with Crippen LogP contribution in [0, 0.1) is 5.92 Å². The Morgan fingerprint density at radius 2 is 2.29 bits per heavy atom. The normalized spacial score (nSPS) is 24.6. The number of aliphatic hydroxyl groups is 1. The van der Waals surface area contributed by atoms with E-state index < -0.39 is 0 Å². The van der Waals surface area contributed by atoms with Gasteiger partial charge in [-0.25, -0.2) is 0 Å². The molecule has 17 heavy (non-hydrogen) atoms. The Kier molecular flexibility index (Phi) is 4.23. The Bertz CT molecular complexity index is 391. The zero-order chi connectivity index (χ0) is 12.3. The zero-order valence-electron chi connectivity index (χ0n) is 9.49. The fourth-order valence-corrected chi connectivity index (χ4v) is 2.74. The topological polar surface area (TPSA) is 62.5 Å². The van der Waals surface area contributed by atoms with Crippen molar-refractivity contribution in [3.05, 3.63) is 22.6 Å². The molecule has 1 aromatic rings. The third kappa shape index (κ3) is 2.90. The molecule has 1 saturated carbocycles. The Morgan fingerprint density at radius 3 is 2.94 bits per heavy atom. The number of aliphatic hydroxyl groups excluding tert-OH is 1. The minimum atomic E-state index is -0.143. The van der Waals surface area contributed by atoms with Crippen molar-refractivity contribution in [2.45, 2.75) is 31.7 Å². The van der Waals surface area contributed by atoms with E-state index in [1.165, 1.54) is 6.26 Å². The molecule has 2 rings (SSSR count). The molecule has 0 aliphatic heterocycles. The molecule has 0 aromatic carbocycles. The number of halogens is 1. The van der Waals surface area contributed by atoms with Crippen LogP contribution in [0.4, 0.5) is 0 Å². The molecule has 4 nitrogen and oxygen atoms in total. The van der Waals surface area contributed by atoms with E-state index in [2.05, 4.69) is 21.2 Å². The van der Waals surface area contributed by atoms with Crippen LogP contribution in [0.1, 0.15) is 36.0 Å². The monoisotopic (exact) mass is 301 g/mol. The lowest BCUT2D eigenvalue weighted by atomic mass is 9.85. The first kappa shape index (κ1) is 12.6. The number of hydrogen-bond donors (Lipinski definition) is 2. The molecule has 2 unspecified atom stereocenters. The number of furan rings is 1. The van der Waals surface area contributed by atoms with Crippen molar-refractivity contribution in [2.24, 2.45) is 5.92 Å². The standard InChI is InChI=1S/C12H16BrNO3/c13-11-9(5-6-17-11)12(16)14-10-4-2-1-3-8(10)7-15/h5-6,8,10,15H,1-4,7H2,(H,14,16). The fourth-order valence-electron chi connectivity index (χ4n) is 2.32. The predicted molar refractivity (Wildman–Crippen MR) is 66.7 cm³/mol.